The summed E-state index contributed by atoms with van der Waals surface area (Å²) in [4.78, 5) is 27.8. The quantitative estimate of drug-likeness (QED) is 0.831. The van der Waals surface area contributed by atoms with E-state index in [0.717, 1.165) is 0 Å². The van der Waals surface area contributed by atoms with Crippen LogP contribution >= 0.6 is 0 Å². The van der Waals surface area contributed by atoms with Crippen LogP contribution in [0.5, 0.6) is 0 Å². The zero-order valence-corrected chi connectivity index (χ0v) is 14.8. The molecule has 1 amide bonds. The summed E-state index contributed by atoms with van der Waals surface area (Å²) >= 11 is 0. The van der Waals surface area contributed by atoms with Crippen LogP contribution in [0.1, 0.15) is 25.8 Å². The van der Waals surface area contributed by atoms with Gasteiger partial charge in [-0.3, -0.25) is 4.79 Å². The molecule has 0 aromatic heterocycles. The third kappa shape index (κ3) is 2.05. The average molecular weight is 353 g/mol. The Balaban J connectivity index is 2.44. The minimum absolute atomic E-state index is 0.0122. The second kappa shape index (κ2) is 6.23. The molecule has 1 aromatic carbocycles. The molecule has 1 unspecified atom stereocenters. The third-order valence-electron chi connectivity index (χ3n) is 4.72. The molecule has 7 nitrogen and oxygen atoms in total. The number of hydrogen-bond acceptors (Lipinski definition) is 6. The number of carbonyl (C=O) groups excluding carboxylic acids is 2. The summed E-state index contributed by atoms with van der Waals surface area (Å²) in [5.74, 6) is -1.17. The summed E-state index contributed by atoms with van der Waals surface area (Å²) in [6, 6.07) is 9.08. The first-order chi connectivity index (χ1) is 12.4. The molecule has 26 heavy (non-hydrogen) atoms. The lowest BCUT2D eigenvalue weighted by Gasteiger charge is -2.34. The van der Waals surface area contributed by atoms with Gasteiger partial charge in [0.1, 0.15) is 23.0 Å². The number of ether oxygens (including phenoxy) is 2. The predicted octanol–water partition coefficient (Wildman–Crippen LogP) is 1.85. The van der Waals surface area contributed by atoms with Gasteiger partial charge in [-0.05, 0) is 19.4 Å². The van der Waals surface area contributed by atoms with E-state index < -0.39 is 17.3 Å². The van der Waals surface area contributed by atoms with Crippen LogP contribution in [0.4, 0.5) is 5.69 Å². The van der Waals surface area contributed by atoms with Gasteiger partial charge in [0.05, 0.1) is 7.11 Å². The molecule has 2 heterocycles. The minimum atomic E-state index is -1.65. The highest BCUT2D eigenvalue weighted by Gasteiger charge is 2.61. The van der Waals surface area contributed by atoms with Crippen molar-refractivity contribution in [1.29, 1.82) is 5.26 Å². The predicted molar refractivity (Wildman–Crippen MR) is 93.4 cm³/mol. The van der Waals surface area contributed by atoms with Gasteiger partial charge >= 0.3 is 5.97 Å². The number of carbonyl (C=O) groups is 2. The minimum Gasteiger partial charge on any atom is -0.466 e. The maximum Gasteiger partial charge on any atom is 0.339 e. The summed E-state index contributed by atoms with van der Waals surface area (Å²) in [6.45, 7) is 3.93. The molecule has 1 aromatic rings. The normalized spacial score (nSPS) is 21.6. The molecular formula is C19H19N3O4. The van der Waals surface area contributed by atoms with Gasteiger partial charge in [0, 0.05) is 17.8 Å². The van der Waals surface area contributed by atoms with Crippen molar-refractivity contribution in [3.63, 3.8) is 0 Å². The number of nitrogens with zero attached hydrogens (tertiary/aromatic N) is 2. The smallest absolute Gasteiger partial charge is 0.339 e. The third-order valence-corrected chi connectivity index (χ3v) is 4.72. The first kappa shape index (κ1) is 17.5. The number of anilines is 1. The number of hydrogen-bond donors (Lipinski definition) is 1. The van der Waals surface area contributed by atoms with E-state index in [9.17, 15) is 14.9 Å². The highest BCUT2D eigenvalue weighted by atomic mass is 16.5. The Hall–Kier alpha value is -3.27. The number of nitriles is 1. The number of rotatable bonds is 3. The number of nitrogens with two attached hydrogens (primary N) is 1. The molecule has 3 rings (SSSR count). The molecular weight excluding hydrogens is 334 g/mol. The van der Waals surface area contributed by atoms with Gasteiger partial charge in [-0.2, -0.15) is 5.26 Å². The van der Waals surface area contributed by atoms with Crippen LogP contribution in [0.25, 0.3) is 0 Å². The average Bonchev–Trinajstić information content (AvgIpc) is 2.86. The Morgan fingerprint density at radius 1 is 1.42 bits per heavy atom. The van der Waals surface area contributed by atoms with Gasteiger partial charge in [-0.15, -0.1) is 0 Å². The van der Waals surface area contributed by atoms with Gasteiger partial charge < -0.3 is 20.1 Å². The van der Waals surface area contributed by atoms with Crippen molar-refractivity contribution in [3.8, 4) is 6.07 Å². The molecule has 0 radical (unpaired) electrons. The number of fused-ring (bicyclic) bond motifs is 2. The summed E-state index contributed by atoms with van der Waals surface area (Å²) in [5.41, 5.74) is 5.37. The molecule has 2 aliphatic heterocycles. The second-order valence-corrected chi connectivity index (χ2v) is 6.10. The Labute approximate surface area is 151 Å². The zero-order valence-electron chi connectivity index (χ0n) is 14.8. The van der Waals surface area contributed by atoms with E-state index in [1.165, 1.54) is 14.0 Å². The molecule has 0 bridgehead atoms. The van der Waals surface area contributed by atoms with Gasteiger partial charge in [0.15, 0.2) is 5.41 Å². The fourth-order valence-corrected chi connectivity index (χ4v) is 3.76. The second-order valence-electron chi connectivity index (χ2n) is 6.10. The molecule has 1 spiro atoms. The van der Waals surface area contributed by atoms with Gasteiger partial charge in [-0.25, -0.2) is 4.79 Å². The molecule has 0 saturated carbocycles. The fraction of sp³-hybridized carbons (Fsp3) is 0.316. The van der Waals surface area contributed by atoms with Crippen LogP contribution in [0.2, 0.25) is 0 Å². The maximum absolute atomic E-state index is 13.6. The van der Waals surface area contributed by atoms with Crippen molar-refractivity contribution < 1.29 is 19.1 Å². The van der Waals surface area contributed by atoms with E-state index in [1.807, 2.05) is 13.0 Å². The lowest BCUT2D eigenvalue weighted by molar-refractivity contribution is -0.138. The first-order valence-corrected chi connectivity index (χ1v) is 8.24. The van der Waals surface area contributed by atoms with Crippen molar-refractivity contribution in [1.82, 2.24) is 0 Å². The van der Waals surface area contributed by atoms with Crippen LogP contribution in [0, 0.1) is 11.3 Å². The number of methoxy groups -OCH3 is 1. The molecule has 0 saturated heterocycles. The van der Waals surface area contributed by atoms with E-state index in [4.69, 9.17) is 15.2 Å². The molecule has 0 fully saturated rings. The van der Waals surface area contributed by atoms with E-state index in [0.29, 0.717) is 24.2 Å². The summed E-state index contributed by atoms with van der Waals surface area (Å²) in [7, 11) is 1.22. The van der Waals surface area contributed by atoms with E-state index >= 15 is 0 Å². The van der Waals surface area contributed by atoms with Crippen LogP contribution in [0.3, 0.4) is 0 Å². The number of allylic oxidation sites excluding steroid dienone is 1. The van der Waals surface area contributed by atoms with Crippen molar-refractivity contribution in [3.05, 3.63) is 52.6 Å². The topological polar surface area (TPSA) is 106 Å². The van der Waals surface area contributed by atoms with Crippen LogP contribution in [0.15, 0.2) is 47.1 Å². The van der Waals surface area contributed by atoms with Crippen molar-refractivity contribution in [2.24, 2.45) is 5.73 Å². The molecule has 2 N–H and O–H groups in total. The number of para-hydroxylation sites is 1. The maximum atomic E-state index is 13.6. The fourth-order valence-electron chi connectivity index (χ4n) is 3.76. The van der Waals surface area contributed by atoms with Crippen molar-refractivity contribution in [2.45, 2.75) is 25.7 Å². The van der Waals surface area contributed by atoms with Crippen molar-refractivity contribution in [2.75, 3.05) is 18.6 Å². The monoisotopic (exact) mass is 353 g/mol. The van der Waals surface area contributed by atoms with Crippen LogP contribution in [-0.4, -0.2) is 25.5 Å². The molecule has 0 aliphatic carbocycles. The Morgan fingerprint density at radius 3 is 2.73 bits per heavy atom. The highest BCUT2D eigenvalue weighted by molar-refractivity contribution is 6.18. The summed E-state index contributed by atoms with van der Waals surface area (Å²) in [6.07, 6.45) is 0.712. The van der Waals surface area contributed by atoms with E-state index in [1.54, 1.807) is 29.2 Å². The lowest BCUT2D eigenvalue weighted by atomic mass is 9.68. The summed E-state index contributed by atoms with van der Waals surface area (Å²) < 4.78 is 10.3. The SMILES string of the molecule is CCCN1C(=O)C2(C(C#N)=C(N)OC(C)=C2C(=O)OC)c2ccccc21. The molecule has 2 aliphatic rings. The Morgan fingerprint density at radius 2 is 2.12 bits per heavy atom. The van der Waals surface area contributed by atoms with Crippen LogP contribution < -0.4 is 10.6 Å². The molecule has 1 atom stereocenters. The van der Waals surface area contributed by atoms with E-state index in [-0.39, 0.29) is 22.8 Å². The first-order valence-electron chi connectivity index (χ1n) is 8.24. The highest BCUT2D eigenvalue weighted by Crippen LogP contribution is 2.53. The number of amides is 1. The Bertz CT molecular complexity index is 910. The van der Waals surface area contributed by atoms with E-state index in [2.05, 4.69) is 0 Å². The Kier molecular flexibility index (Phi) is 4.20. The van der Waals surface area contributed by atoms with Crippen LogP contribution in [-0.2, 0) is 24.5 Å². The molecule has 134 valence electrons. The zero-order chi connectivity index (χ0) is 19.1. The van der Waals surface area contributed by atoms with Gasteiger partial charge in [0.2, 0.25) is 11.8 Å². The van der Waals surface area contributed by atoms with Crippen molar-refractivity contribution >= 4 is 17.6 Å². The number of esters is 1. The largest absolute Gasteiger partial charge is 0.466 e. The van der Waals surface area contributed by atoms with Gasteiger partial charge in [0.25, 0.3) is 0 Å². The molecule has 7 heteroatoms. The standard InChI is InChI=1S/C19H19N3O4/c1-4-9-22-14-8-6-5-7-12(14)19(18(22)24)13(10-20)16(21)26-11(2)15(19)17(23)25-3/h5-8H,4,9,21H2,1-3H3. The van der Waals surface area contributed by atoms with Gasteiger partial charge in [-0.1, -0.05) is 25.1 Å². The summed E-state index contributed by atoms with van der Waals surface area (Å²) in [5, 5.41) is 9.79. The number of benzene rings is 1. The lowest BCUT2D eigenvalue weighted by Crippen LogP contribution is -2.48.